The highest BCUT2D eigenvalue weighted by Crippen LogP contribution is 2.38. The molecule has 0 fully saturated rings. The molecule has 33 heavy (non-hydrogen) atoms. The Labute approximate surface area is 195 Å². The van der Waals surface area contributed by atoms with Crippen LogP contribution in [0.25, 0.3) is 10.8 Å². The molecule has 0 spiro atoms. The first kappa shape index (κ1) is 23.1. The van der Waals surface area contributed by atoms with Gasteiger partial charge in [-0.25, -0.2) is 0 Å². The number of aliphatic hydroxyl groups excluding tert-OH is 1. The first-order valence-corrected chi connectivity index (χ1v) is 11.9. The second kappa shape index (κ2) is 10.7. The molecule has 0 saturated carbocycles. The van der Waals surface area contributed by atoms with Crippen LogP contribution in [0.2, 0.25) is 0 Å². The van der Waals surface area contributed by atoms with E-state index < -0.39 is 6.10 Å². The molecule has 1 aliphatic rings. The van der Waals surface area contributed by atoms with Crippen molar-refractivity contribution >= 4 is 22.2 Å². The first-order chi connectivity index (χ1) is 16.1. The fourth-order valence-corrected chi connectivity index (χ4v) is 4.35. The Hall–Kier alpha value is -3.05. The zero-order valence-electron chi connectivity index (χ0n) is 19.5. The number of ketones is 1. The predicted molar refractivity (Wildman–Crippen MR) is 132 cm³/mol. The van der Waals surface area contributed by atoms with Crippen LogP contribution in [-0.4, -0.2) is 30.1 Å². The molecule has 0 bridgehead atoms. The minimum Gasteiger partial charge on any atom is -0.489 e. The zero-order valence-corrected chi connectivity index (χ0v) is 19.5. The van der Waals surface area contributed by atoms with Gasteiger partial charge in [-0.15, -0.1) is 0 Å². The van der Waals surface area contributed by atoms with Gasteiger partial charge in [0.2, 0.25) is 0 Å². The summed E-state index contributed by atoms with van der Waals surface area (Å²) in [4.78, 5) is 12.7. The number of hydrogen-bond acceptors (Lipinski definition) is 5. The van der Waals surface area contributed by atoms with Crippen molar-refractivity contribution in [1.29, 1.82) is 0 Å². The average molecular weight is 448 g/mol. The van der Waals surface area contributed by atoms with Gasteiger partial charge in [0.15, 0.2) is 11.9 Å². The summed E-state index contributed by atoms with van der Waals surface area (Å²) in [6.07, 6.45) is 2.63. The third kappa shape index (κ3) is 5.48. The number of hydrogen-bond donors (Lipinski definition) is 2. The van der Waals surface area contributed by atoms with Crippen LogP contribution in [0, 0.1) is 5.92 Å². The first-order valence-electron chi connectivity index (χ1n) is 11.9. The summed E-state index contributed by atoms with van der Waals surface area (Å²) in [5.74, 6) is 1.67. The van der Waals surface area contributed by atoms with Gasteiger partial charge < -0.3 is 19.9 Å². The van der Waals surface area contributed by atoms with Crippen LogP contribution < -0.4 is 14.8 Å². The maximum Gasteiger partial charge on any atom is 0.178 e. The molecule has 0 aliphatic carbocycles. The Kier molecular flexibility index (Phi) is 7.50. The molecular weight excluding hydrogens is 414 g/mol. The van der Waals surface area contributed by atoms with Gasteiger partial charge in [0.25, 0.3) is 0 Å². The average Bonchev–Trinajstić information content (AvgIpc) is 2.82. The summed E-state index contributed by atoms with van der Waals surface area (Å²) in [6.45, 7) is 5.44. The van der Waals surface area contributed by atoms with Crippen LogP contribution in [-0.2, 0) is 17.8 Å². The van der Waals surface area contributed by atoms with E-state index in [4.69, 9.17) is 14.6 Å². The smallest absolute Gasteiger partial charge is 0.178 e. The number of carbonyl (C=O) groups is 1. The SMILES string of the molecule is CC(C)C1Oc2cc(OCc3cccc4ccccc34)cc(NCCCCCO)c2CC1=O. The quantitative estimate of drug-likeness (QED) is 0.401. The summed E-state index contributed by atoms with van der Waals surface area (Å²) in [5, 5.41) is 14.8. The molecule has 1 aliphatic heterocycles. The Morgan fingerprint density at radius 1 is 1.09 bits per heavy atom. The van der Waals surface area contributed by atoms with Crippen LogP contribution in [0.5, 0.6) is 11.5 Å². The number of anilines is 1. The molecule has 1 unspecified atom stereocenters. The highest BCUT2D eigenvalue weighted by molar-refractivity contribution is 5.90. The third-order valence-corrected chi connectivity index (χ3v) is 6.13. The van der Waals surface area contributed by atoms with Crippen molar-refractivity contribution in [1.82, 2.24) is 0 Å². The van der Waals surface area contributed by atoms with Gasteiger partial charge in [-0.1, -0.05) is 56.3 Å². The molecule has 174 valence electrons. The van der Waals surface area contributed by atoms with Crippen molar-refractivity contribution in [2.75, 3.05) is 18.5 Å². The van der Waals surface area contributed by atoms with Gasteiger partial charge in [0.05, 0.1) is 0 Å². The number of fused-ring (bicyclic) bond motifs is 2. The van der Waals surface area contributed by atoms with E-state index in [1.165, 1.54) is 10.8 Å². The van der Waals surface area contributed by atoms with Crippen molar-refractivity contribution in [3.63, 3.8) is 0 Å². The Morgan fingerprint density at radius 2 is 1.91 bits per heavy atom. The molecule has 1 heterocycles. The molecule has 0 amide bonds. The summed E-state index contributed by atoms with van der Waals surface area (Å²) >= 11 is 0. The summed E-state index contributed by atoms with van der Waals surface area (Å²) in [6, 6.07) is 18.4. The molecule has 0 radical (unpaired) electrons. The van der Waals surface area contributed by atoms with E-state index >= 15 is 0 Å². The number of aliphatic hydroxyl groups is 1. The zero-order chi connectivity index (χ0) is 23.2. The number of benzene rings is 3. The number of nitrogens with one attached hydrogen (secondary N) is 1. The molecule has 3 aromatic carbocycles. The number of carbonyl (C=O) groups excluding carboxylic acids is 1. The largest absolute Gasteiger partial charge is 0.489 e. The van der Waals surface area contributed by atoms with Gasteiger partial charge in [-0.3, -0.25) is 4.79 Å². The van der Waals surface area contributed by atoms with Crippen LogP contribution in [0.4, 0.5) is 5.69 Å². The van der Waals surface area contributed by atoms with E-state index in [1.54, 1.807) is 0 Å². The lowest BCUT2D eigenvalue weighted by Crippen LogP contribution is -2.37. The fourth-order valence-electron chi connectivity index (χ4n) is 4.35. The van der Waals surface area contributed by atoms with Crippen molar-refractivity contribution in [2.45, 2.75) is 52.2 Å². The summed E-state index contributed by atoms with van der Waals surface area (Å²) < 4.78 is 12.4. The standard InChI is InChI=1S/C28H33NO4/c1-19(2)28-26(31)17-24-25(29-13-6-3-7-14-30)15-22(16-27(24)33-28)32-18-21-11-8-10-20-9-4-5-12-23(20)21/h4-5,8-12,15-16,19,28-30H,3,6-7,13-14,17-18H2,1-2H3. The van der Waals surface area contributed by atoms with Crippen LogP contribution in [0.3, 0.4) is 0 Å². The van der Waals surface area contributed by atoms with Gasteiger partial charge in [0.1, 0.15) is 18.1 Å². The van der Waals surface area contributed by atoms with Crippen LogP contribution in [0.1, 0.15) is 44.2 Å². The van der Waals surface area contributed by atoms with E-state index in [1.807, 2.05) is 38.1 Å². The van der Waals surface area contributed by atoms with E-state index in [2.05, 4.69) is 35.6 Å². The number of unbranched alkanes of at least 4 members (excludes halogenated alkanes) is 2. The second-order valence-corrected chi connectivity index (χ2v) is 9.01. The monoisotopic (exact) mass is 447 g/mol. The van der Waals surface area contributed by atoms with Crippen molar-refractivity contribution < 1.29 is 19.4 Å². The maximum atomic E-state index is 12.7. The lowest BCUT2D eigenvalue weighted by atomic mass is 9.93. The molecule has 0 aromatic heterocycles. The Bertz CT molecular complexity index is 1100. The Balaban J connectivity index is 1.57. The Morgan fingerprint density at radius 3 is 2.73 bits per heavy atom. The lowest BCUT2D eigenvalue weighted by molar-refractivity contribution is -0.128. The van der Waals surface area contributed by atoms with Crippen molar-refractivity contribution in [3.8, 4) is 11.5 Å². The lowest BCUT2D eigenvalue weighted by Gasteiger charge is -2.29. The topological polar surface area (TPSA) is 67.8 Å². The highest BCUT2D eigenvalue weighted by Gasteiger charge is 2.32. The van der Waals surface area contributed by atoms with Gasteiger partial charge in [0, 0.05) is 43.0 Å². The van der Waals surface area contributed by atoms with Crippen LogP contribution in [0.15, 0.2) is 54.6 Å². The third-order valence-electron chi connectivity index (χ3n) is 6.13. The van der Waals surface area contributed by atoms with E-state index in [0.717, 1.165) is 54.1 Å². The molecule has 4 rings (SSSR count). The molecule has 3 aromatic rings. The highest BCUT2D eigenvalue weighted by atomic mass is 16.5. The molecule has 5 nitrogen and oxygen atoms in total. The van der Waals surface area contributed by atoms with E-state index in [0.29, 0.717) is 13.0 Å². The van der Waals surface area contributed by atoms with E-state index in [-0.39, 0.29) is 18.3 Å². The van der Waals surface area contributed by atoms with Gasteiger partial charge in [-0.2, -0.15) is 0 Å². The normalized spacial score (nSPS) is 15.4. The van der Waals surface area contributed by atoms with Gasteiger partial charge in [-0.05, 0) is 41.5 Å². The van der Waals surface area contributed by atoms with Gasteiger partial charge >= 0.3 is 0 Å². The number of rotatable bonds is 10. The van der Waals surface area contributed by atoms with Crippen molar-refractivity contribution in [3.05, 3.63) is 65.7 Å². The van der Waals surface area contributed by atoms with Crippen LogP contribution >= 0.6 is 0 Å². The van der Waals surface area contributed by atoms with Crippen molar-refractivity contribution in [2.24, 2.45) is 5.92 Å². The summed E-state index contributed by atoms with van der Waals surface area (Å²) in [5.41, 5.74) is 2.91. The second-order valence-electron chi connectivity index (χ2n) is 9.01. The predicted octanol–water partition coefficient (Wildman–Crippen LogP) is 5.52. The molecular formula is C28H33NO4. The minimum absolute atomic E-state index is 0.112. The molecule has 5 heteroatoms. The molecule has 2 N–H and O–H groups in total. The van der Waals surface area contributed by atoms with E-state index in [9.17, 15) is 4.79 Å². The number of ether oxygens (including phenoxy) is 2. The molecule has 1 atom stereocenters. The fraction of sp³-hybridized carbons (Fsp3) is 0.393. The summed E-state index contributed by atoms with van der Waals surface area (Å²) in [7, 11) is 0. The maximum absolute atomic E-state index is 12.7. The number of Topliss-reactive ketones (excluding diaryl/α,β-unsaturated/α-hetero) is 1. The molecule has 0 saturated heterocycles. The minimum atomic E-state index is -0.428.